The Hall–Kier alpha value is -4.53. The molecular weight excluding hydrogens is 462 g/mol. The van der Waals surface area contributed by atoms with Crippen LogP contribution in [0.25, 0.3) is 21.9 Å². The molecule has 0 aliphatic heterocycles. The number of para-hydroxylation sites is 1. The van der Waals surface area contributed by atoms with Crippen LogP contribution in [0.2, 0.25) is 0 Å². The van der Waals surface area contributed by atoms with Crippen LogP contribution in [0.4, 0.5) is 5.69 Å². The van der Waals surface area contributed by atoms with Crippen molar-refractivity contribution in [2.45, 2.75) is 19.8 Å². The summed E-state index contributed by atoms with van der Waals surface area (Å²) in [4.78, 5) is 25.0. The first kappa shape index (κ1) is 24.6. The van der Waals surface area contributed by atoms with E-state index in [2.05, 4.69) is 15.8 Å². The van der Waals surface area contributed by atoms with E-state index in [0.717, 1.165) is 21.9 Å². The highest BCUT2D eigenvalue weighted by atomic mass is 16.5. The molecule has 0 unspecified atom stereocenters. The van der Waals surface area contributed by atoms with Gasteiger partial charge in [0.2, 0.25) is 11.8 Å². The van der Waals surface area contributed by atoms with E-state index in [1.54, 1.807) is 45.4 Å². The Morgan fingerprint density at radius 1 is 0.833 bits per heavy atom. The molecule has 0 aliphatic carbocycles. The number of furan rings is 1. The lowest BCUT2D eigenvalue weighted by Crippen LogP contribution is -2.23. The first-order chi connectivity index (χ1) is 17.4. The maximum Gasteiger partial charge on any atom is 0.244 e. The zero-order chi connectivity index (χ0) is 25.7. The first-order valence-electron chi connectivity index (χ1n) is 11.2. The molecule has 2 N–H and O–H groups in total. The minimum absolute atomic E-state index is 0.0159. The highest BCUT2D eigenvalue weighted by Crippen LogP contribution is 2.36. The van der Waals surface area contributed by atoms with E-state index in [0.29, 0.717) is 34.2 Å². The van der Waals surface area contributed by atoms with Crippen LogP contribution in [0.1, 0.15) is 18.9 Å². The smallest absolute Gasteiger partial charge is 0.244 e. The zero-order valence-electron chi connectivity index (χ0n) is 20.5. The second-order valence-corrected chi connectivity index (χ2v) is 8.12. The predicted octanol–water partition coefficient (Wildman–Crippen LogP) is 4.68. The molecule has 0 saturated heterocycles. The Balaban J connectivity index is 1.38. The van der Waals surface area contributed by atoms with Crippen LogP contribution >= 0.6 is 0 Å². The number of hydrogen-bond acceptors (Lipinski definition) is 7. The number of methoxy groups -OCH3 is 3. The topological polar surface area (TPSA) is 111 Å². The van der Waals surface area contributed by atoms with Crippen LogP contribution < -0.4 is 25.0 Å². The lowest BCUT2D eigenvalue weighted by atomic mass is 10.1. The van der Waals surface area contributed by atoms with Gasteiger partial charge in [0, 0.05) is 22.6 Å². The molecule has 9 heteroatoms. The van der Waals surface area contributed by atoms with Crippen molar-refractivity contribution in [1.82, 2.24) is 5.43 Å². The maximum absolute atomic E-state index is 12.6. The molecule has 3 aromatic carbocycles. The fraction of sp³-hybridized carbons (Fsp3) is 0.222. The standard InChI is InChI=1S/C27H27N3O6/c1-16(29-30-27(32)13-17-9-10-22(33-2)25(12-17)35-4)11-26(31)28-20-15-23-19(14-24(20)34-3)18-7-5-6-8-21(18)36-23/h5-10,12,14-15H,11,13H2,1-4H3,(H,28,31)(H,30,32)/b29-16+. The summed E-state index contributed by atoms with van der Waals surface area (Å²) in [6.07, 6.45) is 0.0794. The van der Waals surface area contributed by atoms with Gasteiger partial charge in [0.15, 0.2) is 11.5 Å². The van der Waals surface area contributed by atoms with E-state index in [-0.39, 0.29) is 24.7 Å². The van der Waals surface area contributed by atoms with Crippen molar-refractivity contribution in [1.29, 1.82) is 0 Å². The molecule has 2 amide bonds. The number of amides is 2. The van der Waals surface area contributed by atoms with Crippen LogP contribution in [0.3, 0.4) is 0 Å². The van der Waals surface area contributed by atoms with Crippen molar-refractivity contribution < 1.29 is 28.2 Å². The molecular formula is C27H27N3O6. The Kier molecular flexibility index (Phi) is 7.39. The predicted molar refractivity (Wildman–Crippen MR) is 138 cm³/mol. The average molecular weight is 490 g/mol. The number of carbonyl (C=O) groups is 2. The maximum atomic E-state index is 12.6. The van der Waals surface area contributed by atoms with E-state index in [1.165, 1.54) is 7.11 Å². The Labute approximate surface area is 208 Å². The van der Waals surface area contributed by atoms with Crippen molar-refractivity contribution >= 4 is 45.2 Å². The van der Waals surface area contributed by atoms with Crippen LogP contribution in [0.5, 0.6) is 17.2 Å². The minimum Gasteiger partial charge on any atom is -0.495 e. The number of anilines is 1. The highest BCUT2D eigenvalue weighted by molar-refractivity contribution is 6.10. The van der Waals surface area contributed by atoms with Gasteiger partial charge in [0.05, 0.1) is 39.9 Å². The summed E-state index contributed by atoms with van der Waals surface area (Å²) in [5, 5.41) is 8.75. The summed E-state index contributed by atoms with van der Waals surface area (Å²) >= 11 is 0. The Morgan fingerprint density at radius 2 is 1.58 bits per heavy atom. The normalized spacial score (nSPS) is 11.4. The van der Waals surface area contributed by atoms with Crippen LogP contribution in [-0.4, -0.2) is 38.9 Å². The summed E-state index contributed by atoms with van der Waals surface area (Å²) in [7, 11) is 4.62. The van der Waals surface area contributed by atoms with Gasteiger partial charge in [-0.2, -0.15) is 5.10 Å². The molecule has 0 saturated carbocycles. The number of rotatable bonds is 9. The third kappa shape index (κ3) is 5.41. The van der Waals surface area contributed by atoms with E-state index >= 15 is 0 Å². The number of carbonyl (C=O) groups excluding carboxylic acids is 2. The number of hydrazone groups is 1. The van der Waals surface area contributed by atoms with Crippen molar-refractivity contribution in [3.63, 3.8) is 0 Å². The monoisotopic (exact) mass is 489 g/mol. The van der Waals surface area contributed by atoms with E-state index in [1.807, 2.05) is 30.3 Å². The molecule has 0 radical (unpaired) electrons. The minimum atomic E-state index is -0.320. The molecule has 0 fully saturated rings. The van der Waals surface area contributed by atoms with Crippen LogP contribution in [-0.2, 0) is 16.0 Å². The van der Waals surface area contributed by atoms with Crippen molar-refractivity contribution in [3.05, 3.63) is 60.2 Å². The zero-order valence-corrected chi connectivity index (χ0v) is 20.5. The number of nitrogens with zero attached hydrogens (tertiary/aromatic N) is 1. The van der Waals surface area contributed by atoms with Gasteiger partial charge in [-0.05, 0) is 36.8 Å². The summed E-state index contributed by atoms with van der Waals surface area (Å²) in [5.41, 5.74) is 5.55. The molecule has 186 valence electrons. The molecule has 36 heavy (non-hydrogen) atoms. The number of ether oxygens (including phenoxy) is 3. The first-order valence-corrected chi connectivity index (χ1v) is 11.2. The molecule has 0 bridgehead atoms. The SMILES string of the molecule is COc1cc2c(cc1NC(=O)C/C(C)=N/NC(=O)Cc1ccc(OC)c(OC)c1)oc1ccccc12. The second kappa shape index (κ2) is 10.8. The molecule has 0 atom stereocenters. The summed E-state index contributed by atoms with van der Waals surface area (Å²) in [5.74, 6) is 1.01. The lowest BCUT2D eigenvalue weighted by molar-refractivity contribution is -0.120. The number of nitrogens with one attached hydrogen (secondary N) is 2. The van der Waals surface area contributed by atoms with Crippen LogP contribution in [0.15, 0.2) is 64.1 Å². The van der Waals surface area contributed by atoms with E-state index in [4.69, 9.17) is 18.6 Å². The van der Waals surface area contributed by atoms with Gasteiger partial charge in [-0.15, -0.1) is 0 Å². The van der Waals surface area contributed by atoms with Crippen LogP contribution in [0, 0.1) is 0 Å². The fourth-order valence-corrected chi connectivity index (χ4v) is 3.86. The van der Waals surface area contributed by atoms with E-state index in [9.17, 15) is 9.59 Å². The molecule has 0 aliphatic rings. The summed E-state index contributed by atoms with van der Waals surface area (Å²) in [6, 6.07) is 16.5. The van der Waals surface area contributed by atoms with E-state index < -0.39 is 0 Å². The Bertz CT molecular complexity index is 1460. The van der Waals surface area contributed by atoms with Gasteiger partial charge >= 0.3 is 0 Å². The Morgan fingerprint density at radius 3 is 2.33 bits per heavy atom. The highest BCUT2D eigenvalue weighted by Gasteiger charge is 2.15. The van der Waals surface area contributed by atoms with Gasteiger partial charge in [0.25, 0.3) is 0 Å². The molecule has 1 heterocycles. The molecule has 9 nitrogen and oxygen atoms in total. The molecule has 0 spiro atoms. The average Bonchev–Trinajstić information content (AvgIpc) is 3.24. The molecule has 1 aromatic heterocycles. The number of fused-ring (bicyclic) bond motifs is 3. The quantitative estimate of drug-likeness (QED) is 0.261. The molecule has 4 rings (SSSR count). The third-order valence-corrected chi connectivity index (χ3v) is 5.57. The van der Waals surface area contributed by atoms with Gasteiger partial charge in [-0.3, -0.25) is 9.59 Å². The third-order valence-electron chi connectivity index (χ3n) is 5.57. The summed E-state index contributed by atoms with van der Waals surface area (Å²) < 4.78 is 21.9. The van der Waals surface area contributed by atoms with Crippen molar-refractivity contribution in [2.75, 3.05) is 26.6 Å². The van der Waals surface area contributed by atoms with Crippen molar-refractivity contribution in [3.8, 4) is 17.2 Å². The largest absolute Gasteiger partial charge is 0.495 e. The number of benzene rings is 3. The van der Waals surface area contributed by atoms with Gasteiger partial charge in [-0.1, -0.05) is 24.3 Å². The van der Waals surface area contributed by atoms with Crippen molar-refractivity contribution in [2.24, 2.45) is 5.10 Å². The van der Waals surface area contributed by atoms with Gasteiger partial charge < -0.3 is 23.9 Å². The van der Waals surface area contributed by atoms with Gasteiger partial charge in [0.1, 0.15) is 16.9 Å². The second-order valence-electron chi connectivity index (χ2n) is 8.12. The van der Waals surface area contributed by atoms with Gasteiger partial charge in [-0.25, -0.2) is 5.43 Å². The fourth-order valence-electron chi connectivity index (χ4n) is 3.86. The molecule has 4 aromatic rings. The lowest BCUT2D eigenvalue weighted by Gasteiger charge is -2.10. The summed E-state index contributed by atoms with van der Waals surface area (Å²) in [6.45, 7) is 1.66. The number of hydrogen-bond donors (Lipinski definition) is 2.